The van der Waals surface area contributed by atoms with Gasteiger partial charge in [-0.2, -0.15) is 0 Å². The fourth-order valence-electron chi connectivity index (χ4n) is 3.49. The summed E-state index contributed by atoms with van der Waals surface area (Å²) < 4.78 is 5.98. The van der Waals surface area contributed by atoms with Crippen LogP contribution in [0.15, 0.2) is 71.3 Å². The summed E-state index contributed by atoms with van der Waals surface area (Å²) in [5, 5.41) is 16.7. The molecule has 0 saturated carbocycles. The van der Waals surface area contributed by atoms with Crippen LogP contribution in [0, 0.1) is 6.92 Å². The Bertz CT molecular complexity index is 1430. The van der Waals surface area contributed by atoms with Crippen molar-refractivity contribution in [2.24, 2.45) is 0 Å². The van der Waals surface area contributed by atoms with Gasteiger partial charge >= 0.3 is 5.69 Å². The molecule has 0 radical (unpaired) electrons. The third-order valence-corrected chi connectivity index (χ3v) is 6.11. The molecule has 152 valence electrons. The monoisotopic (exact) mass is 428 g/mol. The van der Waals surface area contributed by atoms with Gasteiger partial charge in [-0.15, -0.1) is 11.3 Å². The maximum atomic E-state index is 13.3. The predicted octanol–water partition coefficient (Wildman–Crippen LogP) is 3.42. The minimum absolute atomic E-state index is 0.204. The van der Waals surface area contributed by atoms with Gasteiger partial charge < -0.3 is 15.4 Å². The molecule has 7 nitrogen and oxygen atoms in total. The Morgan fingerprint density at radius 1 is 1.10 bits per heavy atom. The highest BCUT2D eigenvalue weighted by Crippen LogP contribution is 2.37. The van der Waals surface area contributed by atoms with Crippen LogP contribution < -0.4 is 15.5 Å². The van der Waals surface area contributed by atoms with Crippen molar-refractivity contribution < 1.29 is 19.1 Å². The highest BCUT2D eigenvalue weighted by atomic mass is 32.1. The van der Waals surface area contributed by atoms with Gasteiger partial charge in [-0.1, -0.05) is 48.5 Å². The van der Waals surface area contributed by atoms with E-state index in [4.69, 9.17) is 15.2 Å². The van der Waals surface area contributed by atoms with Gasteiger partial charge in [0.25, 0.3) is 5.78 Å². The third-order valence-electron chi connectivity index (χ3n) is 4.99. The number of carbonyl (C=O) groups is 1. The largest absolute Gasteiger partial charge is 0.539 e. The van der Waals surface area contributed by atoms with Gasteiger partial charge in [0.05, 0.1) is 16.7 Å². The van der Waals surface area contributed by atoms with Gasteiger partial charge in [-0.3, -0.25) is 4.79 Å². The third kappa shape index (κ3) is 3.13. The van der Waals surface area contributed by atoms with Crippen LogP contribution in [-0.4, -0.2) is 16.0 Å². The van der Waals surface area contributed by atoms with Gasteiger partial charge in [-0.05, 0) is 23.2 Å². The molecule has 3 aromatic heterocycles. The zero-order valence-corrected chi connectivity index (χ0v) is 17.2. The van der Waals surface area contributed by atoms with E-state index >= 15 is 0 Å². The zero-order chi connectivity index (χ0) is 21.5. The molecule has 2 N–H and O–H groups in total. The Balaban J connectivity index is 1.64. The second-order valence-corrected chi connectivity index (χ2v) is 8.00. The SMILES string of the molecule is Cc1cc2c(N)c(C(=O)c3c([O-])on[n+]3-c3ccccc3)sc2nc1-c1ccccc1. The molecule has 0 bridgehead atoms. The van der Waals surface area contributed by atoms with Gasteiger partial charge in [0.2, 0.25) is 5.69 Å². The summed E-state index contributed by atoms with van der Waals surface area (Å²) in [6.07, 6.45) is 0. The molecule has 0 aliphatic carbocycles. The molecule has 3 heterocycles. The molecule has 0 unspecified atom stereocenters. The number of nitrogens with zero attached hydrogens (tertiary/aromatic N) is 3. The van der Waals surface area contributed by atoms with Crippen LogP contribution in [0.5, 0.6) is 5.95 Å². The van der Waals surface area contributed by atoms with E-state index in [1.165, 1.54) is 4.68 Å². The molecular formula is C23H16N4O3S. The van der Waals surface area contributed by atoms with E-state index in [0.717, 1.165) is 28.2 Å². The van der Waals surface area contributed by atoms with Gasteiger partial charge in [0.15, 0.2) is 5.95 Å². The maximum absolute atomic E-state index is 13.3. The summed E-state index contributed by atoms with van der Waals surface area (Å²) in [5.74, 6) is -1.37. The smallest absolute Gasteiger partial charge is 0.312 e. The number of aromatic nitrogens is 3. The lowest BCUT2D eigenvalue weighted by Crippen LogP contribution is -2.39. The summed E-state index contributed by atoms with van der Waals surface area (Å²) in [4.78, 5) is 18.9. The van der Waals surface area contributed by atoms with Gasteiger partial charge in [-0.25, -0.2) is 4.98 Å². The quantitative estimate of drug-likeness (QED) is 0.347. The minimum Gasteiger partial charge on any atom is -0.539 e. The number of hydrogen-bond acceptors (Lipinski definition) is 7. The van der Waals surface area contributed by atoms with Gasteiger partial charge in [0, 0.05) is 23.1 Å². The average molecular weight is 428 g/mol. The lowest BCUT2D eigenvalue weighted by atomic mass is 10.1. The van der Waals surface area contributed by atoms with Gasteiger partial charge in [0.1, 0.15) is 9.71 Å². The number of thiophene rings is 1. The molecule has 31 heavy (non-hydrogen) atoms. The van der Waals surface area contributed by atoms with Crippen LogP contribution in [-0.2, 0) is 0 Å². The number of nitrogens with two attached hydrogens (primary N) is 1. The van der Waals surface area contributed by atoms with Crippen molar-refractivity contribution in [1.82, 2.24) is 10.3 Å². The number of fused-ring (bicyclic) bond motifs is 1. The number of anilines is 1. The number of ketones is 1. The van der Waals surface area contributed by atoms with E-state index in [1.807, 2.05) is 49.4 Å². The molecule has 5 rings (SSSR count). The number of para-hydroxylation sites is 1. The van der Waals surface area contributed by atoms with Crippen LogP contribution >= 0.6 is 11.3 Å². The topological polar surface area (TPSA) is 109 Å². The van der Waals surface area contributed by atoms with E-state index in [0.29, 0.717) is 21.6 Å². The first-order valence-corrected chi connectivity index (χ1v) is 10.3. The predicted molar refractivity (Wildman–Crippen MR) is 115 cm³/mol. The number of nitrogen functional groups attached to an aromatic ring is 1. The molecule has 0 atom stereocenters. The number of carbonyl (C=O) groups excluding carboxylic acids is 1. The molecule has 8 heteroatoms. The second kappa shape index (κ2) is 7.33. The lowest BCUT2D eigenvalue weighted by Gasteiger charge is -2.05. The first-order valence-electron chi connectivity index (χ1n) is 9.49. The Hall–Kier alpha value is -4.04. The maximum Gasteiger partial charge on any atom is 0.312 e. The van der Waals surface area contributed by atoms with Crippen molar-refractivity contribution in [1.29, 1.82) is 0 Å². The Morgan fingerprint density at radius 2 is 1.77 bits per heavy atom. The van der Waals surface area contributed by atoms with E-state index in [9.17, 15) is 9.90 Å². The van der Waals surface area contributed by atoms with E-state index in [1.54, 1.807) is 24.3 Å². The minimum atomic E-state index is -0.820. The van der Waals surface area contributed by atoms with Crippen molar-refractivity contribution in [2.75, 3.05) is 5.73 Å². The first-order chi connectivity index (χ1) is 15.0. The van der Waals surface area contributed by atoms with Crippen LogP contribution in [0.25, 0.3) is 27.2 Å². The first kappa shape index (κ1) is 19.0. The molecule has 0 fully saturated rings. The number of aryl methyl sites for hydroxylation is 1. The van der Waals surface area contributed by atoms with E-state index in [2.05, 4.69) is 5.27 Å². The number of hydrogen-bond donors (Lipinski definition) is 1. The highest BCUT2D eigenvalue weighted by Gasteiger charge is 2.32. The summed E-state index contributed by atoms with van der Waals surface area (Å²) in [6, 6.07) is 20.6. The summed E-state index contributed by atoms with van der Waals surface area (Å²) in [7, 11) is 0. The summed E-state index contributed by atoms with van der Waals surface area (Å²) in [5.41, 5.74) is 9.69. The molecule has 2 aromatic carbocycles. The van der Waals surface area contributed by atoms with Crippen LogP contribution in [0.1, 0.15) is 20.9 Å². The van der Waals surface area contributed by atoms with Crippen LogP contribution in [0.2, 0.25) is 0 Å². The van der Waals surface area contributed by atoms with Crippen molar-refractivity contribution in [3.8, 4) is 22.9 Å². The number of rotatable bonds is 4. The molecule has 0 aliphatic heterocycles. The van der Waals surface area contributed by atoms with Crippen LogP contribution in [0.3, 0.4) is 0 Å². The number of pyridine rings is 1. The molecule has 0 aliphatic rings. The van der Waals surface area contributed by atoms with E-state index in [-0.39, 0.29) is 10.6 Å². The molecule has 5 aromatic rings. The molecule has 0 amide bonds. The molecular weight excluding hydrogens is 412 g/mol. The standard InChI is InChI=1S/C23H16N4O3S/c1-13-12-16-17(24)21(31-22(16)25-18(13)14-8-4-2-5-9-14)20(28)19-23(29)30-26-27(19)15-10-6-3-7-11-15/h2-12H,1H3,(H2-,24,26,28,29). The number of benzene rings is 2. The lowest BCUT2D eigenvalue weighted by molar-refractivity contribution is -0.672. The zero-order valence-electron chi connectivity index (χ0n) is 16.4. The highest BCUT2D eigenvalue weighted by molar-refractivity contribution is 7.21. The van der Waals surface area contributed by atoms with Crippen LogP contribution in [0.4, 0.5) is 5.69 Å². The summed E-state index contributed by atoms with van der Waals surface area (Å²) in [6.45, 7) is 1.95. The fraction of sp³-hybridized carbons (Fsp3) is 0.0435. The molecule has 0 spiro atoms. The second-order valence-electron chi connectivity index (χ2n) is 7.00. The van der Waals surface area contributed by atoms with Crippen molar-refractivity contribution >= 4 is 33.0 Å². The molecule has 0 saturated heterocycles. The van der Waals surface area contributed by atoms with Crippen molar-refractivity contribution in [3.63, 3.8) is 0 Å². The Kier molecular flexibility index (Phi) is 4.48. The fourth-order valence-corrected chi connectivity index (χ4v) is 4.51. The van der Waals surface area contributed by atoms with E-state index < -0.39 is 11.7 Å². The Labute approximate surface area is 181 Å². The average Bonchev–Trinajstić information content (AvgIpc) is 3.34. The summed E-state index contributed by atoms with van der Waals surface area (Å²) >= 11 is 1.15. The van der Waals surface area contributed by atoms with Crippen molar-refractivity contribution in [3.05, 3.63) is 82.9 Å². The normalized spacial score (nSPS) is 11.1. The Morgan fingerprint density at radius 3 is 2.48 bits per heavy atom. The van der Waals surface area contributed by atoms with Crippen molar-refractivity contribution in [2.45, 2.75) is 6.92 Å².